The number of ketones is 1. The minimum Gasteiger partial charge on any atom is -0.318 e. The van der Waals surface area contributed by atoms with Crippen molar-refractivity contribution in [3.8, 4) is 0 Å². The molecule has 1 aromatic rings. The lowest BCUT2D eigenvalue weighted by molar-refractivity contribution is 0.0988. The summed E-state index contributed by atoms with van der Waals surface area (Å²) in [7, 11) is 3.56. The van der Waals surface area contributed by atoms with E-state index in [-0.39, 0.29) is 23.5 Å². The molecule has 0 aliphatic heterocycles. The highest BCUT2D eigenvalue weighted by molar-refractivity contribution is 5.98. The van der Waals surface area contributed by atoms with E-state index in [1.54, 1.807) is 14.0 Å². The van der Waals surface area contributed by atoms with Gasteiger partial charge in [0.05, 0.1) is 6.54 Å². The van der Waals surface area contributed by atoms with Crippen molar-refractivity contribution in [1.29, 1.82) is 0 Å². The van der Waals surface area contributed by atoms with Crippen LogP contribution in [0.4, 0.5) is 0 Å². The predicted molar refractivity (Wildman–Crippen MR) is 88.6 cm³/mol. The summed E-state index contributed by atoms with van der Waals surface area (Å²) < 4.78 is 1.34. The van der Waals surface area contributed by atoms with Crippen molar-refractivity contribution in [3.63, 3.8) is 0 Å². The summed E-state index contributed by atoms with van der Waals surface area (Å²) in [5, 5.41) is 9.13. The zero-order chi connectivity index (χ0) is 16.5. The lowest BCUT2D eigenvalue weighted by Gasteiger charge is -2.21. The maximum Gasteiger partial charge on any atom is 0.277 e. The van der Waals surface area contributed by atoms with Gasteiger partial charge in [0, 0.05) is 38.9 Å². The first-order valence-electron chi connectivity index (χ1n) is 7.87. The van der Waals surface area contributed by atoms with Gasteiger partial charge in [-0.1, -0.05) is 6.92 Å². The van der Waals surface area contributed by atoms with E-state index in [0.717, 1.165) is 39.1 Å². The van der Waals surface area contributed by atoms with Crippen LogP contribution in [0.3, 0.4) is 0 Å². The second-order valence-electron chi connectivity index (χ2n) is 5.52. The van der Waals surface area contributed by atoms with Gasteiger partial charge < -0.3 is 15.5 Å². The number of carbonyl (C=O) groups is 1. The number of Topliss-reactive ketones (excluding diaryl/α,β-unsaturated/α-hetero) is 1. The molecule has 1 rings (SSSR count). The number of aromatic amines is 1. The molecule has 7 heteroatoms. The average molecular weight is 311 g/mol. The number of carbonyl (C=O) groups excluding carboxylic acids is 1. The molecular formula is C15H29N5O2. The van der Waals surface area contributed by atoms with Crippen LogP contribution in [-0.2, 0) is 7.05 Å². The van der Waals surface area contributed by atoms with Crippen LogP contribution >= 0.6 is 0 Å². The second-order valence-corrected chi connectivity index (χ2v) is 5.52. The molecule has 0 aliphatic carbocycles. The molecule has 0 aliphatic rings. The first-order valence-corrected chi connectivity index (χ1v) is 7.87. The molecule has 0 amide bonds. The summed E-state index contributed by atoms with van der Waals surface area (Å²) in [4.78, 5) is 26.3. The summed E-state index contributed by atoms with van der Waals surface area (Å²) in [5.41, 5.74) is 0.627. The summed E-state index contributed by atoms with van der Waals surface area (Å²) in [6, 6.07) is 0. The zero-order valence-corrected chi connectivity index (χ0v) is 14.2. The molecule has 126 valence electrons. The quantitative estimate of drug-likeness (QED) is 0.387. The Balaban J connectivity index is 2.39. The number of likely N-dealkylation sites (N-methyl/N-ethyl adjacent to an activating group) is 1. The summed E-state index contributed by atoms with van der Waals surface area (Å²) >= 11 is 0. The highest BCUT2D eigenvalue weighted by Crippen LogP contribution is 1.99. The standard InChI is InChI=1S/C15H29N5O2/c1-5-8-20(9-6-16-3)10-7-17-11-13(21)14-12(2)18-19(4)15(14)22/h16-18H,5-11H2,1-4H3. The maximum absolute atomic E-state index is 12.1. The van der Waals surface area contributed by atoms with E-state index in [1.807, 2.05) is 7.05 Å². The average Bonchev–Trinajstić information content (AvgIpc) is 2.73. The van der Waals surface area contributed by atoms with Gasteiger partial charge in [-0.2, -0.15) is 0 Å². The van der Waals surface area contributed by atoms with Gasteiger partial charge in [0.25, 0.3) is 5.56 Å². The number of aryl methyl sites for hydroxylation is 2. The fourth-order valence-corrected chi connectivity index (χ4v) is 2.46. The Morgan fingerprint density at radius 1 is 1.27 bits per heavy atom. The number of hydrogen-bond acceptors (Lipinski definition) is 5. The summed E-state index contributed by atoms with van der Waals surface area (Å²) in [6.45, 7) is 8.74. The normalized spacial score (nSPS) is 11.3. The summed E-state index contributed by atoms with van der Waals surface area (Å²) in [5.74, 6) is -0.156. The van der Waals surface area contributed by atoms with Crippen molar-refractivity contribution >= 4 is 5.78 Å². The molecule has 0 atom stereocenters. The van der Waals surface area contributed by atoms with E-state index in [0.29, 0.717) is 5.69 Å². The van der Waals surface area contributed by atoms with Gasteiger partial charge >= 0.3 is 0 Å². The Morgan fingerprint density at radius 3 is 2.50 bits per heavy atom. The Hall–Kier alpha value is -1.44. The maximum atomic E-state index is 12.1. The van der Waals surface area contributed by atoms with Gasteiger partial charge in [-0.05, 0) is 26.9 Å². The topological polar surface area (TPSA) is 82.2 Å². The molecule has 3 N–H and O–H groups in total. The van der Waals surface area contributed by atoms with Crippen molar-refractivity contribution in [3.05, 3.63) is 21.6 Å². The third-order valence-corrected chi connectivity index (χ3v) is 3.62. The van der Waals surface area contributed by atoms with Crippen molar-refractivity contribution in [1.82, 2.24) is 25.3 Å². The van der Waals surface area contributed by atoms with Crippen LogP contribution in [0.2, 0.25) is 0 Å². The molecule has 0 saturated heterocycles. The minimum atomic E-state index is -0.258. The molecule has 7 nitrogen and oxygen atoms in total. The first-order chi connectivity index (χ1) is 10.5. The van der Waals surface area contributed by atoms with E-state index in [1.165, 1.54) is 4.68 Å². The van der Waals surface area contributed by atoms with Crippen LogP contribution in [0, 0.1) is 6.92 Å². The lowest BCUT2D eigenvalue weighted by atomic mass is 10.1. The fraction of sp³-hybridized carbons (Fsp3) is 0.733. The molecule has 0 saturated carbocycles. The number of aromatic nitrogens is 2. The molecular weight excluding hydrogens is 282 g/mol. The van der Waals surface area contributed by atoms with Crippen LogP contribution in [0.15, 0.2) is 4.79 Å². The third-order valence-electron chi connectivity index (χ3n) is 3.62. The Kier molecular flexibility index (Phi) is 8.08. The van der Waals surface area contributed by atoms with Gasteiger partial charge in [-0.25, -0.2) is 0 Å². The lowest BCUT2D eigenvalue weighted by Crippen LogP contribution is -2.38. The van der Waals surface area contributed by atoms with Gasteiger partial charge in [0.15, 0.2) is 5.78 Å². The van der Waals surface area contributed by atoms with Gasteiger partial charge in [0.1, 0.15) is 5.56 Å². The molecule has 1 aromatic heterocycles. The van der Waals surface area contributed by atoms with Crippen LogP contribution in [0.1, 0.15) is 29.4 Å². The Morgan fingerprint density at radius 2 is 1.95 bits per heavy atom. The van der Waals surface area contributed by atoms with Crippen molar-refractivity contribution in [2.45, 2.75) is 20.3 Å². The van der Waals surface area contributed by atoms with E-state index >= 15 is 0 Å². The number of rotatable bonds is 11. The smallest absolute Gasteiger partial charge is 0.277 e. The number of nitrogens with one attached hydrogen (secondary N) is 3. The molecule has 0 bridgehead atoms. The fourth-order valence-electron chi connectivity index (χ4n) is 2.46. The van der Waals surface area contributed by atoms with Gasteiger partial charge in [0.2, 0.25) is 0 Å². The van der Waals surface area contributed by atoms with E-state index in [9.17, 15) is 9.59 Å². The van der Waals surface area contributed by atoms with Crippen molar-refractivity contribution in [2.75, 3.05) is 46.3 Å². The van der Waals surface area contributed by atoms with Crippen LogP contribution < -0.4 is 16.2 Å². The van der Waals surface area contributed by atoms with Crippen LogP contribution in [0.25, 0.3) is 0 Å². The van der Waals surface area contributed by atoms with Gasteiger partial charge in [-0.15, -0.1) is 0 Å². The van der Waals surface area contributed by atoms with E-state index in [2.05, 4.69) is 27.6 Å². The SMILES string of the molecule is CCCN(CCNC)CCNCC(=O)c1c(C)[nH]n(C)c1=O. The van der Waals surface area contributed by atoms with Crippen molar-refractivity contribution in [2.24, 2.45) is 7.05 Å². The molecule has 22 heavy (non-hydrogen) atoms. The molecule has 1 heterocycles. The Bertz CT molecular complexity index is 520. The highest BCUT2D eigenvalue weighted by atomic mass is 16.2. The first kappa shape index (κ1) is 18.6. The molecule has 0 aromatic carbocycles. The molecule has 0 fully saturated rings. The predicted octanol–water partition coefficient (Wildman–Crippen LogP) is -0.274. The number of H-pyrrole nitrogens is 1. The van der Waals surface area contributed by atoms with E-state index in [4.69, 9.17) is 0 Å². The van der Waals surface area contributed by atoms with Crippen LogP contribution in [0.5, 0.6) is 0 Å². The van der Waals surface area contributed by atoms with Crippen LogP contribution in [-0.4, -0.2) is 66.8 Å². The molecule has 0 spiro atoms. The molecule has 0 radical (unpaired) electrons. The third kappa shape index (κ3) is 5.40. The Labute approximate surface area is 132 Å². The minimum absolute atomic E-state index is 0.156. The van der Waals surface area contributed by atoms with Gasteiger partial charge in [-0.3, -0.25) is 19.4 Å². The largest absolute Gasteiger partial charge is 0.318 e. The summed E-state index contributed by atoms with van der Waals surface area (Å²) in [6.07, 6.45) is 1.11. The number of nitrogens with zero attached hydrogens (tertiary/aromatic N) is 2. The van der Waals surface area contributed by atoms with Crippen molar-refractivity contribution < 1.29 is 4.79 Å². The monoisotopic (exact) mass is 311 g/mol. The van der Waals surface area contributed by atoms with E-state index < -0.39 is 0 Å². The zero-order valence-electron chi connectivity index (χ0n) is 14.2. The number of hydrogen-bond donors (Lipinski definition) is 3. The second kappa shape index (κ2) is 9.55. The molecule has 0 unspecified atom stereocenters. The highest BCUT2D eigenvalue weighted by Gasteiger charge is 2.16.